The summed E-state index contributed by atoms with van der Waals surface area (Å²) < 4.78 is 39.9. The van der Waals surface area contributed by atoms with Crippen molar-refractivity contribution in [2.75, 3.05) is 11.9 Å². The van der Waals surface area contributed by atoms with E-state index in [0.717, 1.165) is 25.0 Å². The minimum Gasteiger partial charge on any atom is -0.406 e. The molecule has 1 aliphatic rings. The first-order valence-corrected chi connectivity index (χ1v) is 7.04. The molecule has 1 aromatic rings. The SMILES string of the molecule is CC(C#N)(NC(=O)CNc1ccc(OC(F)(F)F)cc1)C1CC1. The van der Waals surface area contributed by atoms with Crippen molar-refractivity contribution < 1.29 is 22.7 Å². The van der Waals surface area contributed by atoms with Gasteiger partial charge in [0.2, 0.25) is 5.91 Å². The number of ether oxygens (including phenoxy) is 1. The number of nitrogens with zero attached hydrogens (tertiary/aromatic N) is 1. The van der Waals surface area contributed by atoms with E-state index in [4.69, 9.17) is 5.26 Å². The molecular formula is C15H16F3N3O2. The quantitative estimate of drug-likeness (QED) is 0.842. The molecule has 1 fully saturated rings. The molecule has 124 valence electrons. The molecule has 0 spiro atoms. The van der Waals surface area contributed by atoms with Gasteiger partial charge in [0.1, 0.15) is 11.3 Å². The van der Waals surface area contributed by atoms with Crippen molar-refractivity contribution in [1.82, 2.24) is 5.32 Å². The smallest absolute Gasteiger partial charge is 0.406 e. The van der Waals surface area contributed by atoms with Crippen LogP contribution in [-0.2, 0) is 4.79 Å². The molecule has 1 atom stereocenters. The Morgan fingerprint density at radius 2 is 1.96 bits per heavy atom. The summed E-state index contributed by atoms with van der Waals surface area (Å²) in [5, 5.41) is 14.6. The zero-order valence-electron chi connectivity index (χ0n) is 12.4. The first-order valence-electron chi connectivity index (χ1n) is 7.04. The second kappa shape index (κ2) is 6.36. The van der Waals surface area contributed by atoms with E-state index in [0.29, 0.717) is 5.69 Å². The predicted octanol–water partition coefficient (Wildman–Crippen LogP) is 2.81. The first kappa shape index (κ1) is 16.9. The van der Waals surface area contributed by atoms with Gasteiger partial charge in [-0.1, -0.05) is 0 Å². The third-order valence-corrected chi connectivity index (χ3v) is 3.57. The fraction of sp³-hybridized carbons (Fsp3) is 0.467. The van der Waals surface area contributed by atoms with Crippen LogP contribution in [0.4, 0.5) is 18.9 Å². The summed E-state index contributed by atoms with van der Waals surface area (Å²) in [6.07, 6.45) is -2.91. The summed E-state index contributed by atoms with van der Waals surface area (Å²) in [5.74, 6) is -0.509. The number of benzene rings is 1. The van der Waals surface area contributed by atoms with Crippen molar-refractivity contribution in [2.45, 2.75) is 31.7 Å². The van der Waals surface area contributed by atoms with Crippen LogP contribution < -0.4 is 15.4 Å². The highest BCUT2D eigenvalue weighted by atomic mass is 19.4. The molecule has 23 heavy (non-hydrogen) atoms. The number of halogens is 3. The van der Waals surface area contributed by atoms with Gasteiger partial charge in [-0.05, 0) is 49.9 Å². The standard InChI is InChI=1S/C15H16F3N3O2/c1-14(9-19,10-2-3-10)21-13(22)8-20-11-4-6-12(7-5-11)23-15(16,17)18/h4-7,10,20H,2-3,8H2,1H3,(H,21,22). The Kier molecular flexibility index (Phi) is 4.68. The molecule has 2 rings (SSSR count). The zero-order chi connectivity index (χ0) is 17.1. The van der Waals surface area contributed by atoms with Crippen molar-refractivity contribution in [3.05, 3.63) is 24.3 Å². The summed E-state index contributed by atoms with van der Waals surface area (Å²) in [4.78, 5) is 11.9. The van der Waals surface area contributed by atoms with Gasteiger partial charge in [-0.3, -0.25) is 4.79 Å². The Hall–Kier alpha value is -2.43. The highest BCUT2D eigenvalue weighted by molar-refractivity contribution is 5.82. The molecule has 1 aliphatic carbocycles. The molecule has 0 saturated heterocycles. The van der Waals surface area contributed by atoms with Crippen LogP contribution in [0.15, 0.2) is 24.3 Å². The maximum atomic E-state index is 12.0. The van der Waals surface area contributed by atoms with E-state index in [2.05, 4.69) is 21.4 Å². The summed E-state index contributed by atoms with van der Waals surface area (Å²) in [6.45, 7) is 1.61. The lowest BCUT2D eigenvalue weighted by Gasteiger charge is -2.23. The molecule has 1 unspecified atom stereocenters. The number of nitrogens with one attached hydrogen (secondary N) is 2. The van der Waals surface area contributed by atoms with Gasteiger partial charge in [-0.25, -0.2) is 0 Å². The number of amides is 1. The van der Waals surface area contributed by atoms with E-state index in [1.807, 2.05) is 0 Å². The first-order chi connectivity index (χ1) is 10.7. The number of hydrogen-bond donors (Lipinski definition) is 2. The summed E-state index contributed by atoms with van der Waals surface area (Å²) >= 11 is 0. The Labute approximate surface area is 131 Å². The molecule has 1 aromatic carbocycles. The summed E-state index contributed by atoms with van der Waals surface area (Å²) in [6, 6.07) is 7.16. The summed E-state index contributed by atoms with van der Waals surface area (Å²) in [5.41, 5.74) is -0.400. The molecule has 0 heterocycles. The van der Waals surface area contributed by atoms with Gasteiger partial charge in [0.25, 0.3) is 0 Å². The lowest BCUT2D eigenvalue weighted by molar-refractivity contribution is -0.274. The van der Waals surface area contributed by atoms with Crippen molar-refractivity contribution >= 4 is 11.6 Å². The number of rotatable bonds is 6. The van der Waals surface area contributed by atoms with Crippen LogP contribution in [0.3, 0.4) is 0 Å². The summed E-state index contributed by atoms with van der Waals surface area (Å²) in [7, 11) is 0. The second-order valence-corrected chi connectivity index (χ2v) is 5.56. The lowest BCUT2D eigenvalue weighted by atomic mass is 9.98. The van der Waals surface area contributed by atoms with Gasteiger partial charge < -0.3 is 15.4 Å². The van der Waals surface area contributed by atoms with E-state index < -0.39 is 11.9 Å². The van der Waals surface area contributed by atoms with Crippen LogP contribution in [0.1, 0.15) is 19.8 Å². The van der Waals surface area contributed by atoms with Crippen molar-refractivity contribution in [3.8, 4) is 11.8 Å². The van der Waals surface area contributed by atoms with Crippen LogP contribution in [0.25, 0.3) is 0 Å². The maximum Gasteiger partial charge on any atom is 0.573 e. The monoisotopic (exact) mass is 327 g/mol. The highest BCUT2D eigenvalue weighted by Gasteiger charge is 2.42. The van der Waals surface area contributed by atoms with Crippen molar-refractivity contribution in [1.29, 1.82) is 5.26 Å². The normalized spacial score (nSPS) is 16.8. The van der Waals surface area contributed by atoms with Gasteiger partial charge in [0.15, 0.2) is 0 Å². The topological polar surface area (TPSA) is 74.2 Å². The van der Waals surface area contributed by atoms with Gasteiger partial charge in [-0.15, -0.1) is 13.2 Å². The molecular weight excluding hydrogens is 311 g/mol. The fourth-order valence-corrected chi connectivity index (χ4v) is 2.17. The Morgan fingerprint density at radius 1 is 1.35 bits per heavy atom. The number of carbonyl (C=O) groups is 1. The van der Waals surface area contributed by atoms with Crippen LogP contribution in [0, 0.1) is 17.2 Å². The second-order valence-electron chi connectivity index (χ2n) is 5.56. The minimum atomic E-state index is -4.74. The fourth-order valence-electron chi connectivity index (χ4n) is 2.17. The van der Waals surface area contributed by atoms with Crippen molar-refractivity contribution in [2.24, 2.45) is 5.92 Å². The van der Waals surface area contributed by atoms with Crippen LogP contribution >= 0.6 is 0 Å². The van der Waals surface area contributed by atoms with Crippen LogP contribution in [0.2, 0.25) is 0 Å². The minimum absolute atomic E-state index is 0.0799. The van der Waals surface area contributed by atoms with E-state index in [1.165, 1.54) is 12.1 Å². The van der Waals surface area contributed by atoms with E-state index in [-0.39, 0.29) is 24.1 Å². The third-order valence-electron chi connectivity index (χ3n) is 3.57. The van der Waals surface area contributed by atoms with E-state index in [1.54, 1.807) is 6.92 Å². The van der Waals surface area contributed by atoms with Crippen LogP contribution in [0.5, 0.6) is 5.75 Å². The number of nitriles is 1. The maximum absolute atomic E-state index is 12.0. The molecule has 0 bridgehead atoms. The van der Waals surface area contributed by atoms with Gasteiger partial charge in [0, 0.05) is 5.69 Å². The van der Waals surface area contributed by atoms with Gasteiger partial charge in [-0.2, -0.15) is 5.26 Å². The van der Waals surface area contributed by atoms with Crippen molar-refractivity contribution in [3.63, 3.8) is 0 Å². The van der Waals surface area contributed by atoms with E-state index >= 15 is 0 Å². The number of carbonyl (C=O) groups excluding carboxylic acids is 1. The Balaban J connectivity index is 1.83. The molecule has 1 saturated carbocycles. The molecule has 0 aliphatic heterocycles. The largest absolute Gasteiger partial charge is 0.573 e. The lowest BCUT2D eigenvalue weighted by Crippen LogP contribution is -2.48. The molecule has 2 N–H and O–H groups in total. The molecule has 0 radical (unpaired) electrons. The number of anilines is 1. The average Bonchev–Trinajstić information content (AvgIpc) is 3.30. The molecule has 8 heteroatoms. The van der Waals surface area contributed by atoms with Gasteiger partial charge >= 0.3 is 6.36 Å². The van der Waals surface area contributed by atoms with Gasteiger partial charge in [0.05, 0.1) is 12.6 Å². The van der Waals surface area contributed by atoms with Crippen LogP contribution in [-0.4, -0.2) is 24.4 Å². The Bertz CT molecular complexity index is 606. The zero-order valence-corrected chi connectivity index (χ0v) is 12.4. The highest BCUT2D eigenvalue weighted by Crippen LogP contribution is 2.39. The van der Waals surface area contributed by atoms with E-state index in [9.17, 15) is 18.0 Å². The predicted molar refractivity (Wildman–Crippen MR) is 76.5 cm³/mol. The average molecular weight is 327 g/mol. The molecule has 1 amide bonds. The Morgan fingerprint density at radius 3 is 2.43 bits per heavy atom. The number of hydrogen-bond acceptors (Lipinski definition) is 4. The third kappa shape index (κ3) is 5.06. The molecule has 0 aromatic heterocycles. The number of alkyl halides is 3. The molecule has 5 nitrogen and oxygen atoms in total.